The highest BCUT2D eigenvalue weighted by molar-refractivity contribution is 9.10. The van der Waals surface area contributed by atoms with Crippen LogP contribution in [-0.2, 0) is 11.3 Å². The third-order valence-corrected chi connectivity index (χ3v) is 2.50. The minimum Gasteiger partial charge on any atom is -0.508 e. The number of nitrogens with one attached hydrogen (secondary N) is 1. The molecule has 0 spiro atoms. The zero-order valence-corrected chi connectivity index (χ0v) is 9.78. The Morgan fingerprint density at radius 1 is 1.60 bits per heavy atom. The van der Waals surface area contributed by atoms with Crippen molar-refractivity contribution in [2.75, 3.05) is 0 Å². The summed E-state index contributed by atoms with van der Waals surface area (Å²) < 4.78 is 0.847. The Kier molecular flexibility index (Phi) is 4.11. The molecule has 0 aliphatic heterocycles. The minimum absolute atomic E-state index is 0.156. The van der Waals surface area contributed by atoms with E-state index in [1.54, 1.807) is 25.1 Å². The van der Waals surface area contributed by atoms with Crippen LogP contribution < -0.4 is 5.32 Å². The quantitative estimate of drug-likeness (QED) is 0.781. The van der Waals surface area contributed by atoms with Crippen molar-refractivity contribution in [3.63, 3.8) is 0 Å². The van der Waals surface area contributed by atoms with Crippen LogP contribution in [0.3, 0.4) is 0 Å². The summed E-state index contributed by atoms with van der Waals surface area (Å²) in [6, 6.07) is 4.39. The van der Waals surface area contributed by atoms with Crippen molar-refractivity contribution in [2.45, 2.75) is 19.5 Å². The Morgan fingerprint density at radius 2 is 2.27 bits per heavy atom. The van der Waals surface area contributed by atoms with Crippen LogP contribution in [-0.4, -0.2) is 22.2 Å². The van der Waals surface area contributed by atoms with Gasteiger partial charge in [0.05, 0.1) is 0 Å². The molecular weight excluding hydrogens is 262 g/mol. The summed E-state index contributed by atoms with van der Waals surface area (Å²) in [5, 5.41) is 20.9. The van der Waals surface area contributed by atoms with E-state index in [1.165, 1.54) is 0 Å². The van der Waals surface area contributed by atoms with Crippen molar-refractivity contribution < 1.29 is 15.0 Å². The molecule has 0 bridgehead atoms. The predicted octanol–water partition coefficient (Wildman–Crippen LogP) is 1.72. The highest BCUT2D eigenvalue weighted by atomic mass is 79.9. The molecule has 5 heteroatoms. The van der Waals surface area contributed by atoms with E-state index in [1.807, 2.05) is 0 Å². The number of carboxylic acid groups (broad SMARTS) is 1. The summed E-state index contributed by atoms with van der Waals surface area (Å²) in [5.41, 5.74) is 0.664. The van der Waals surface area contributed by atoms with E-state index in [-0.39, 0.29) is 5.75 Å². The Morgan fingerprint density at radius 3 is 2.87 bits per heavy atom. The molecule has 0 heterocycles. The van der Waals surface area contributed by atoms with Gasteiger partial charge in [-0.25, -0.2) is 0 Å². The molecule has 0 aromatic heterocycles. The maximum atomic E-state index is 10.5. The average Bonchev–Trinajstić information content (AvgIpc) is 2.18. The summed E-state index contributed by atoms with van der Waals surface area (Å²) in [6.45, 7) is 1.87. The molecular formula is C10H12BrNO3. The van der Waals surface area contributed by atoms with E-state index < -0.39 is 12.0 Å². The molecule has 0 radical (unpaired) electrons. The number of halogens is 1. The summed E-state index contributed by atoms with van der Waals surface area (Å²) in [5.74, 6) is -0.757. The number of aromatic hydroxyl groups is 1. The molecule has 1 rings (SSSR count). The van der Waals surface area contributed by atoms with Gasteiger partial charge in [0.25, 0.3) is 0 Å². The fraction of sp³-hybridized carbons (Fsp3) is 0.300. The lowest BCUT2D eigenvalue weighted by Gasteiger charge is -2.10. The molecule has 0 aliphatic carbocycles. The second-order valence-electron chi connectivity index (χ2n) is 3.21. The number of carboxylic acids is 1. The Labute approximate surface area is 96.1 Å². The van der Waals surface area contributed by atoms with Gasteiger partial charge in [-0.05, 0) is 25.1 Å². The van der Waals surface area contributed by atoms with E-state index in [0.717, 1.165) is 4.47 Å². The van der Waals surface area contributed by atoms with Crippen LogP contribution in [0.4, 0.5) is 0 Å². The summed E-state index contributed by atoms with van der Waals surface area (Å²) >= 11 is 3.28. The molecule has 0 fully saturated rings. The number of carbonyl (C=O) groups is 1. The molecule has 82 valence electrons. The van der Waals surface area contributed by atoms with E-state index in [4.69, 9.17) is 5.11 Å². The number of hydrogen-bond donors (Lipinski definition) is 3. The number of aliphatic carboxylic acids is 1. The zero-order valence-electron chi connectivity index (χ0n) is 8.20. The maximum Gasteiger partial charge on any atom is 0.320 e. The van der Waals surface area contributed by atoms with Gasteiger partial charge in [-0.1, -0.05) is 15.9 Å². The first-order valence-electron chi connectivity index (χ1n) is 4.44. The molecule has 15 heavy (non-hydrogen) atoms. The average molecular weight is 274 g/mol. The van der Waals surface area contributed by atoms with Gasteiger partial charge in [-0.3, -0.25) is 4.79 Å². The van der Waals surface area contributed by atoms with E-state index in [9.17, 15) is 9.90 Å². The lowest BCUT2D eigenvalue weighted by Crippen LogP contribution is -2.33. The van der Waals surface area contributed by atoms with E-state index >= 15 is 0 Å². The van der Waals surface area contributed by atoms with Crippen LogP contribution in [0.5, 0.6) is 5.75 Å². The van der Waals surface area contributed by atoms with Gasteiger partial charge >= 0.3 is 5.97 Å². The molecule has 1 aromatic rings. The summed E-state index contributed by atoms with van der Waals surface area (Å²) in [7, 11) is 0. The first-order valence-corrected chi connectivity index (χ1v) is 5.23. The van der Waals surface area contributed by atoms with Crippen molar-refractivity contribution >= 4 is 21.9 Å². The van der Waals surface area contributed by atoms with E-state index in [0.29, 0.717) is 12.1 Å². The molecule has 3 N–H and O–H groups in total. The molecule has 0 amide bonds. The van der Waals surface area contributed by atoms with Crippen LogP contribution in [0, 0.1) is 0 Å². The zero-order chi connectivity index (χ0) is 11.4. The van der Waals surface area contributed by atoms with Gasteiger partial charge in [0.15, 0.2) is 0 Å². The standard InChI is InChI=1S/C10H12BrNO3/c1-6(10(14)15)12-5-7-4-8(11)2-3-9(7)13/h2-4,6,12-13H,5H2,1H3,(H,14,15). The van der Waals surface area contributed by atoms with Gasteiger partial charge in [-0.2, -0.15) is 0 Å². The normalized spacial score (nSPS) is 12.4. The molecule has 1 aromatic carbocycles. The number of rotatable bonds is 4. The fourth-order valence-electron chi connectivity index (χ4n) is 1.05. The maximum absolute atomic E-state index is 10.5. The third-order valence-electron chi connectivity index (χ3n) is 2.01. The number of hydrogen-bond acceptors (Lipinski definition) is 3. The molecule has 1 atom stereocenters. The van der Waals surface area contributed by atoms with Crippen molar-refractivity contribution in [1.29, 1.82) is 0 Å². The smallest absolute Gasteiger partial charge is 0.320 e. The van der Waals surface area contributed by atoms with Gasteiger partial charge < -0.3 is 15.5 Å². The Hall–Kier alpha value is -1.07. The largest absolute Gasteiger partial charge is 0.508 e. The lowest BCUT2D eigenvalue weighted by atomic mass is 10.2. The van der Waals surface area contributed by atoms with Gasteiger partial charge in [0.1, 0.15) is 11.8 Å². The number of phenolic OH excluding ortho intramolecular Hbond substituents is 1. The van der Waals surface area contributed by atoms with Crippen molar-refractivity contribution in [3.8, 4) is 5.75 Å². The van der Waals surface area contributed by atoms with Crippen LogP contribution in [0.25, 0.3) is 0 Å². The van der Waals surface area contributed by atoms with Crippen molar-refractivity contribution in [3.05, 3.63) is 28.2 Å². The predicted molar refractivity (Wildman–Crippen MR) is 59.7 cm³/mol. The van der Waals surface area contributed by atoms with E-state index in [2.05, 4.69) is 21.2 Å². The first-order chi connectivity index (χ1) is 7.00. The third kappa shape index (κ3) is 3.53. The monoisotopic (exact) mass is 273 g/mol. The van der Waals surface area contributed by atoms with Crippen LogP contribution >= 0.6 is 15.9 Å². The van der Waals surface area contributed by atoms with Gasteiger partial charge in [-0.15, -0.1) is 0 Å². The summed E-state index contributed by atoms with van der Waals surface area (Å²) in [4.78, 5) is 10.5. The van der Waals surface area contributed by atoms with Gasteiger partial charge in [0.2, 0.25) is 0 Å². The van der Waals surface area contributed by atoms with Crippen molar-refractivity contribution in [1.82, 2.24) is 5.32 Å². The summed E-state index contributed by atoms with van der Waals surface area (Å²) in [6.07, 6.45) is 0. The molecule has 0 aliphatic rings. The fourth-order valence-corrected chi connectivity index (χ4v) is 1.45. The number of phenols is 1. The van der Waals surface area contributed by atoms with Crippen molar-refractivity contribution in [2.24, 2.45) is 0 Å². The molecule has 0 saturated carbocycles. The lowest BCUT2D eigenvalue weighted by molar-refractivity contribution is -0.139. The number of benzene rings is 1. The topological polar surface area (TPSA) is 69.6 Å². The SMILES string of the molecule is CC(NCc1cc(Br)ccc1O)C(=O)O. The Bertz CT molecular complexity index is 368. The second kappa shape index (κ2) is 5.14. The van der Waals surface area contributed by atoms with Crippen LogP contribution in [0.1, 0.15) is 12.5 Å². The van der Waals surface area contributed by atoms with Crippen LogP contribution in [0.2, 0.25) is 0 Å². The highest BCUT2D eigenvalue weighted by Crippen LogP contribution is 2.21. The minimum atomic E-state index is -0.913. The Balaban J connectivity index is 2.65. The first kappa shape index (κ1) is 12.0. The van der Waals surface area contributed by atoms with Gasteiger partial charge in [0, 0.05) is 16.6 Å². The molecule has 1 unspecified atom stereocenters. The second-order valence-corrected chi connectivity index (χ2v) is 4.13. The highest BCUT2D eigenvalue weighted by Gasteiger charge is 2.10. The van der Waals surface area contributed by atoms with Crippen LogP contribution in [0.15, 0.2) is 22.7 Å². The molecule has 0 saturated heterocycles. The molecule has 4 nitrogen and oxygen atoms in total.